The monoisotopic (exact) mass is 567 g/mol. The maximum atomic E-state index is 13.4. The van der Waals surface area contributed by atoms with Crippen molar-refractivity contribution in [1.82, 2.24) is 15.6 Å². The molecule has 4 aromatic rings. The van der Waals surface area contributed by atoms with Gasteiger partial charge >= 0.3 is 6.09 Å². The number of aldehydes is 1. The Hall–Kier alpha value is -4.66. The second-order valence-corrected chi connectivity index (χ2v) is 11.7. The number of fused-ring (bicyclic) bond motifs is 2. The van der Waals surface area contributed by atoms with Crippen LogP contribution >= 0.6 is 0 Å². The molecule has 4 N–H and O–H groups in total. The minimum Gasteiger partial charge on any atom is -0.444 e. The molecule has 0 aliphatic carbocycles. The Balaban J connectivity index is 1.34. The summed E-state index contributed by atoms with van der Waals surface area (Å²) < 4.78 is 5.35. The molecule has 9 nitrogen and oxygen atoms in total. The predicted octanol–water partition coefficient (Wildman–Crippen LogP) is 4.89. The number of carbonyl (C=O) groups is 3. The summed E-state index contributed by atoms with van der Waals surface area (Å²) in [5, 5.41) is 9.66. The molecule has 2 atom stereocenters. The van der Waals surface area contributed by atoms with Crippen molar-refractivity contribution in [3.8, 4) is 0 Å². The molecule has 1 fully saturated rings. The molecule has 0 radical (unpaired) electrons. The number of benzene rings is 3. The Bertz CT molecular complexity index is 1630. The number of nitrogens with zero attached hydrogens (tertiary/aromatic N) is 2. The van der Waals surface area contributed by atoms with Crippen LogP contribution in [-0.2, 0) is 27.3 Å². The van der Waals surface area contributed by atoms with Crippen molar-refractivity contribution in [2.75, 3.05) is 17.2 Å². The van der Waals surface area contributed by atoms with Gasteiger partial charge < -0.3 is 30.8 Å². The van der Waals surface area contributed by atoms with Crippen molar-refractivity contribution < 1.29 is 19.1 Å². The van der Waals surface area contributed by atoms with E-state index in [0.717, 1.165) is 64.0 Å². The van der Waals surface area contributed by atoms with E-state index < -0.39 is 17.7 Å². The first-order chi connectivity index (χ1) is 20.1. The molecule has 5 rings (SSSR count). The number of aromatic nitrogens is 1. The minimum atomic E-state index is -0.760. The lowest BCUT2D eigenvalue weighted by molar-refractivity contribution is -0.122. The van der Waals surface area contributed by atoms with Crippen molar-refractivity contribution >= 4 is 51.3 Å². The molecule has 9 heteroatoms. The van der Waals surface area contributed by atoms with Gasteiger partial charge in [-0.05, 0) is 85.2 Å². The number of hydrogen-bond acceptors (Lipinski definition) is 7. The number of rotatable bonds is 8. The number of amides is 2. The van der Waals surface area contributed by atoms with Gasteiger partial charge in [0.25, 0.3) is 0 Å². The third-order valence-corrected chi connectivity index (χ3v) is 7.45. The van der Waals surface area contributed by atoms with Crippen LogP contribution in [0, 0.1) is 0 Å². The Morgan fingerprint density at radius 2 is 1.88 bits per heavy atom. The van der Waals surface area contributed by atoms with Crippen molar-refractivity contribution in [1.29, 1.82) is 0 Å². The van der Waals surface area contributed by atoms with E-state index in [-0.39, 0.29) is 11.9 Å². The molecule has 0 spiro atoms. The molecule has 0 bridgehead atoms. The third kappa shape index (κ3) is 6.62. The van der Waals surface area contributed by atoms with Crippen molar-refractivity contribution in [2.45, 2.75) is 64.3 Å². The van der Waals surface area contributed by atoms with Gasteiger partial charge in [0.15, 0.2) is 0 Å². The Morgan fingerprint density at radius 1 is 1.10 bits per heavy atom. The number of alkyl carbamates (subject to hydrolysis) is 1. The standard InChI is InChI=1S/C33H37N5O4/c1-33(2,3)42-32(41)37-25(20-39)16-24-18-26(17-22-7-4-5-8-27(22)24)38-14-6-9-29(38)31(40)36-19-21-10-11-28-23(15-21)12-13-35-30(28)34/h4-5,7-8,10-13,15,17-18,20,25,29H,6,9,14,16,19H2,1-3H3,(H2,34,35)(H,36,40)(H,37,41)/t25-,29+/m1/s1. The lowest BCUT2D eigenvalue weighted by Crippen LogP contribution is -2.43. The molecule has 42 heavy (non-hydrogen) atoms. The second kappa shape index (κ2) is 12.1. The normalized spacial score (nSPS) is 15.9. The Labute approximate surface area is 245 Å². The average molecular weight is 568 g/mol. The van der Waals surface area contributed by atoms with Gasteiger partial charge in [-0.3, -0.25) is 4.79 Å². The van der Waals surface area contributed by atoms with Crippen LogP contribution in [0.2, 0.25) is 0 Å². The highest BCUT2D eigenvalue weighted by Crippen LogP contribution is 2.32. The number of pyridine rings is 1. The van der Waals surface area contributed by atoms with E-state index in [2.05, 4.69) is 26.6 Å². The molecular formula is C33H37N5O4. The first-order valence-corrected chi connectivity index (χ1v) is 14.3. The van der Waals surface area contributed by atoms with Crippen LogP contribution in [0.4, 0.5) is 16.3 Å². The van der Waals surface area contributed by atoms with Crippen molar-refractivity contribution in [2.24, 2.45) is 0 Å². The predicted molar refractivity (Wildman–Crippen MR) is 165 cm³/mol. The zero-order valence-electron chi connectivity index (χ0n) is 24.2. The van der Waals surface area contributed by atoms with E-state index >= 15 is 0 Å². The van der Waals surface area contributed by atoms with Crippen LogP contribution < -0.4 is 21.3 Å². The maximum absolute atomic E-state index is 13.4. The molecule has 1 aliphatic rings. The van der Waals surface area contributed by atoms with Gasteiger partial charge in [-0.2, -0.15) is 0 Å². The van der Waals surface area contributed by atoms with Crippen LogP contribution in [0.5, 0.6) is 0 Å². The van der Waals surface area contributed by atoms with Gasteiger partial charge in [0, 0.05) is 36.8 Å². The van der Waals surface area contributed by atoms with Crippen molar-refractivity contribution in [3.05, 3.63) is 78.0 Å². The summed E-state index contributed by atoms with van der Waals surface area (Å²) in [7, 11) is 0. The second-order valence-electron chi connectivity index (χ2n) is 11.7. The molecule has 1 saturated heterocycles. The number of hydrogen-bond donors (Lipinski definition) is 3. The highest BCUT2D eigenvalue weighted by Gasteiger charge is 2.31. The SMILES string of the molecule is CC(C)(C)OC(=O)N[C@@H](C=O)Cc1cc(N2CCC[C@H]2C(=O)NCc2ccc3c(N)nccc3c2)cc2ccccc12. The molecule has 2 amide bonds. The van der Waals surface area contributed by atoms with Gasteiger partial charge in [0.05, 0.1) is 6.04 Å². The zero-order chi connectivity index (χ0) is 29.9. The van der Waals surface area contributed by atoms with Gasteiger partial charge in [-0.1, -0.05) is 36.4 Å². The fourth-order valence-electron chi connectivity index (χ4n) is 5.55. The van der Waals surface area contributed by atoms with Gasteiger partial charge in [0.2, 0.25) is 5.91 Å². The molecule has 0 saturated carbocycles. The molecule has 0 unspecified atom stereocenters. The number of nitrogens with two attached hydrogens (primary N) is 1. The topological polar surface area (TPSA) is 127 Å². The Morgan fingerprint density at radius 3 is 2.67 bits per heavy atom. The van der Waals surface area contributed by atoms with Gasteiger partial charge in [0.1, 0.15) is 23.7 Å². The zero-order valence-corrected chi connectivity index (χ0v) is 24.2. The van der Waals surface area contributed by atoms with Gasteiger partial charge in [-0.15, -0.1) is 0 Å². The smallest absolute Gasteiger partial charge is 0.408 e. The summed E-state index contributed by atoms with van der Waals surface area (Å²) >= 11 is 0. The maximum Gasteiger partial charge on any atom is 0.408 e. The first-order valence-electron chi connectivity index (χ1n) is 14.3. The fourth-order valence-corrected chi connectivity index (χ4v) is 5.55. The molecule has 3 aromatic carbocycles. The van der Waals surface area contributed by atoms with E-state index in [9.17, 15) is 14.4 Å². The van der Waals surface area contributed by atoms with Crippen LogP contribution in [0.15, 0.2) is 66.9 Å². The van der Waals surface area contributed by atoms with E-state index in [4.69, 9.17) is 10.5 Å². The minimum absolute atomic E-state index is 0.0334. The summed E-state index contributed by atoms with van der Waals surface area (Å²) in [6.45, 7) is 6.47. The summed E-state index contributed by atoms with van der Waals surface area (Å²) in [6, 6.07) is 18.8. The van der Waals surface area contributed by atoms with E-state index in [1.807, 2.05) is 54.6 Å². The van der Waals surface area contributed by atoms with Gasteiger partial charge in [-0.25, -0.2) is 9.78 Å². The molecule has 2 heterocycles. The molecule has 218 valence electrons. The number of anilines is 2. The van der Waals surface area contributed by atoms with Crippen LogP contribution in [0.3, 0.4) is 0 Å². The number of nitrogens with one attached hydrogen (secondary N) is 2. The van der Waals surface area contributed by atoms with Crippen molar-refractivity contribution in [3.63, 3.8) is 0 Å². The highest BCUT2D eigenvalue weighted by atomic mass is 16.6. The highest BCUT2D eigenvalue weighted by molar-refractivity contribution is 5.93. The Kier molecular flexibility index (Phi) is 8.29. The van der Waals surface area contributed by atoms with Crippen LogP contribution in [0.25, 0.3) is 21.5 Å². The van der Waals surface area contributed by atoms with E-state index in [1.54, 1.807) is 27.0 Å². The van der Waals surface area contributed by atoms with E-state index in [0.29, 0.717) is 18.8 Å². The number of nitrogen functional groups attached to an aromatic ring is 1. The molecule has 1 aliphatic heterocycles. The summed E-state index contributed by atoms with van der Waals surface area (Å²) in [6.07, 6.45) is 3.70. The third-order valence-electron chi connectivity index (χ3n) is 7.45. The van der Waals surface area contributed by atoms with Crippen LogP contribution in [-0.4, -0.2) is 47.5 Å². The first kappa shape index (κ1) is 28.9. The summed E-state index contributed by atoms with van der Waals surface area (Å²) in [5.74, 6) is 0.452. The largest absolute Gasteiger partial charge is 0.444 e. The molecule has 1 aromatic heterocycles. The summed E-state index contributed by atoms with van der Waals surface area (Å²) in [5.41, 5.74) is 8.11. The lowest BCUT2D eigenvalue weighted by Gasteiger charge is -2.27. The quantitative estimate of drug-likeness (QED) is 0.259. The van der Waals surface area contributed by atoms with E-state index in [1.165, 1.54) is 0 Å². The summed E-state index contributed by atoms with van der Waals surface area (Å²) in [4.78, 5) is 44.0. The number of carbonyl (C=O) groups excluding carboxylic acids is 3. The lowest BCUT2D eigenvalue weighted by atomic mass is 9.97. The number of ether oxygens (including phenoxy) is 1. The van der Waals surface area contributed by atoms with Crippen LogP contribution in [0.1, 0.15) is 44.7 Å². The molecular weight excluding hydrogens is 530 g/mol. The fraction of sp³-hybridized carbons (Fsp3) is 0.333. The average Bonchev–Trinajstić information content (AvgIpc) is 3.45.